The van der Waals surface area contributed by atoms with Crippen LogP contribution in [0.15, 0.2) is 4.99 Å². The first-order valence-electron chi connectivity index (χ1n) is 11.4. The molecule has 2 aliphatic rings. The summed E-state index contributed by atoms with van der Waals surface area (Å²) in [6.07, 6.45) is 7.53. The zero-order chi connectivity index (χ0) is 20.5. The second-order valence-electron chi connectivity index (χ2n) is 8.40. The maximum Gasteiger partial charge on any atom is 0.191 e. The predicted octanol–water partition coefficient (Wildman–Crippen LogP) is 2.47. The summed E-state index contributed by atoms with van der Waals surface area (Å²) >= 11 is 0. The number of hydrogen-bond acceptors (Lipinski definition) is 5. The van der Waals surface area contributed by atoms with Gasteiger partial charge in [-0.05, 0) is 38.6 Å². The Labute approximate surface area is 198 Å². The van der Waals surface area contributed by atoms with Crippen LogP contribution in [-0.2, 0) is 18.3 Å². The quantitative estimate of drug-likeness (QED) is 0.232. The van der Waals surface area contributed by atoms with Crippen molar-refractivity contribution >= 4 is 29.9 Å². The number of rotatable bonds is 8. The fourth-order valence-electron chi connectivity index (χ4n) is 4.21. The first-order chi connectivity index (χ1) is 14.2. The molecule has 1 aromatic rings. The smallest absolute Gasteiger partial charge is 0.191 e. The molecule has 1 aliphatic heterocycles. The van der Waals surface area contributed by atoms with E-state index in [2.05, 4.69) is 32.7 Å². The molecule has 0 radical (unpaired) electrons. The first-order valence-corrected chi connectivity index (χ1v) is 11.4. The van der Waals surface area contributed by atoms with Gasteiger partial charge in [-0.15, -0.1) is 34.2 Å². The van der Waals surface area contributed by atoms with Crippen LogP contribution < -0.4 is 10.6 Å². The molecule has 2 fully saturated rings. The van der Waals surface area contributed by atoms with E-state index in [1.807, 2.05) is 18.5 Å². The fourth-order valence-corrected chi connectivity index (χ4v) is 4.21. The summed E-state index contributed by atoms with van der Waals surface area (Å²) in [5.74, 6) is 3.56. The van der Waals surface area contributed by atoms with Crippen molar-refractivity contribution in [3.63, 3.8) is 0 Å². The summed E-state index contributed by atoms with van der Waals surface area (Å²) in [5.41, 5.74) is 0. The van der Waals surface area contributed by atoms with Crippen molar-refractivity contribution in [2.75, 3.05) is 39.4 Å². The van der Waals surface area contributed by atoms with Gasteiger partial charge in [0.25, 0.3) is 0 Å². The Morgan fingerprint density at radius 2 is 2.03 bits per heavy atom. The standard InChI is InChI=1S/C21H39N7O.HI/c1-4-18-7-5-8-19(15-18)24-21(23-16-20-26-25-17(2)27(20)3)22-9-6-10-28-11-13-29-14-12-28;/h18-19H,4-16H2,1-3H3,(H2,22,23,24);1H. The van der Waals surface area contributed by atoms with Gasteiger partial charge in [-0.1, -0.05) is 26.2 Å². The van der Waals surface area contributed by atoms with Gasteiger partial charge >= 0.3 is 0 Å². The van der Waals surface area contributed by atoms with E-state index in [4.69, 9.17) is 9.73 Å². The molecular formula is C21H40IN7O. The number of ether oxygens (including phenoxy) is 1. The largest absolute Gasteiger partial charge is 0.379 e. The highest BCUT2D eigenvalue weighted by molar-refractivity contribution is 14.0. The van der Waals surface area contributed by atoms with E-state index in [0.29, 0.717) is 12.6 Å². The second-order valence-corrected chi connectivity index (χ2v) is 8.40. The van der Waals surface area contributed by atoms with Crippen LogP contribution in [0.1, 0.15) is 57.1 Å². The van der Waals surface area contributed by atoms with Crippen LogP contribution in [0.2, 0.25) is 0 Å². The summed E-state index contributed by atoms with van der Waals surface area (Å²) in [6, 6.07) is 0.514. The van der Waals surface area contributed by atoms with Gasteiger partial charge in [-0.25, -0.2) is 4.99 Å². The SMILES string of the molecule is CCC1CCCC(NC(=NCc2nnc(C)n2C)NCCCN2CCOCC2)C1.I. The third-order valence-electron chi connectivity index (χ3n) is 6.31. The average molecular weight is 534 g/mol. The molecule has 2 heterocycles. The molecule has 0 amide bonds. The van der Waals surface area contributed by atoms with Gasteiger partial charge in [-0.2, -0.15) is 0 Å². The minimum atomic E-state index is 0. The average Bonchev–Trinajstić information content (AvgIpc) is 3.08. The van der Waals surface area contributed by atoms with Gasteiger partial charge in [0, 0.05) is 32.7 Å². The van der Waals surface area contributed by atoms with Gasteiger partial charge in [0.15, 0.2) is 11.8 Å². The van der Waals surface area contributed by atoms with Crippen LogP contribution in [0.25, 0.3) is 0 Å². The number of morpholine rings is 1. The highest BCUT2D eigenvalue weighted by atomic mass is 127. The third kappa shape index (κ3) is 7.96. The molecule has 1 saturated heterocycles. The summed E-state index contributed by atoms with van der Waals surface area (Å²) in [5, 5.41) is 15.7. The summed E-state index contributed by atoms with van der Waals surface area (Å²) < 4.78 is 7.44. The molecular weight excluding hydrogens is 493 g/mol. The maximum absolute atomic E-state index is 5.43. The molecule has 1 aromatic heterocycles. The molecule has 2 atom stereocenters. The summed E-state index contributed by atoms with van der Waals surface area (Å²) in [4.78, 5) is 7.31. The van der Waals surface area contributed by atoms with Crippen LogP contribution in [0.3, 0.4) is 0 Å². The van der Waals surface area contributed by atoms with Gasteiger partial charge in [0.1, 0.15) is 12.4 Å². The van der Waals surface area contributed by atoms with E-state index in [-0.39, 0.29) is 24.0 Å². The monoisotopic (exact) mass is 533 g/mol. The molecule has 30 heavy (non-hydrogen) atoms. The molecule has 2 unspecified atom stereocenters. The van der Waals surface area contributed by atoms with E-state index in [9.17, 15) is 0 Å². The van der Waals surface area contributed by atoms with Crippen LogP contribution in [0.5, 0.6) is 0 Å². The Balaban J connectivity index is 0.00000320. The Kier molecular flexibility index (Phi) is 11.4. The topological polar surface area (TPSA) is 79.6 Å². The Hall–Kier alpha value is -0.940. The lowest BCUT2D eigenvalue weighted by Gasteiger charge is -2.30. The fraction of sp³-hybridized carbons (Fsp3) is 0.857. The number of halogens is 1. The van der Waals surface area contributed by atoms with Crippen LogP contribution in [0, 0.1) is 12.8 Å². The van der Waals surface area contributed by atoms with Crippen LogP contribution >= 0.6 is 24.0 Å². The minimum Gasteiger partial charge on any atom is -0.379 e. The lowest BCUT2D eigenvalue weighted by Crippen LogP contribution is -2.46. The Bertz CT molecular complexity index is 645. The minimum absolute atomic E-state index is 0. The van der Waals surface area contributed by atoms with Crippen molar-refractivity contribution in [1.29, 1.82) is 0 Å². The van der Waals surface area contributed by atoms with Crippen molar-refractivity contribution in [2.45, 2.75) is 65.0 Å². The van der Waals surface area contributed by atoms with Gasteiger partial charge in [0.2, 0.25) is 0 Å². The molecule has 0 bridgehead atoms. The first kappa shape index (κ1) is 25.3. The summed E-state index contributed by atoms with van der Waals surface area (Å²) in [6.45, 7) is 10.7. The number of aliphatic imine (C=N–C) groups is 1. The van der Waals surface area contributed by atoms with Crippen molar-refractivity contribution in [2.24, 2.45) is 18.0 Å². The van der Waals surface area contributed by atoms with E-state index in [1.54, 1.807) is 0 Å². The lowest BCUT2D eigenvalue weighted by atomic mass is 9.84. The van der Waals surface area contributed by atoms with E-state index in [0.717, 1.165) is 69.3 Å². The molecule has 1 saturated carbocycles. The maximum atomic E-state index is 5.43. The van der Waals surface area contributed by atoms with Crippen molar-refractivity contribution in [3.05, 3.63) is 11.6 Å². The van der Waals surface area contributed by atoms with E-state index >= 15 is 0 Å². The normalized spacial score (nSPS) is 23.1. The molecule has 8 nitrogen and oxygen atoms in total. The van der Waals surface area contributed by atoms with Gasteiger partial charge in [-0.3, -0.25) is 4.90 Å². The number of aromatic nitrogens is 3. The third-order valence-corrected chi connectivity index (χ3v) is 6.31. The lowest BCUT2D eigenvalue weighted by molar-refractivity contribution is 0.0376. The molecule has 172 valence electrons. The highest BCUT2D eigenvalue weighted by Crippen LogP contribution is 2.26. The number of guanidine groups is 1. The second kappa shape index (κ2) is 13.5. The molecule has 0 spiro atoms. The number of nitrogens with one attached hydrogen (secondary N) is 2. The van der Waals surface area contributed by atoms with Gasteiger partial charge < -0.3 is 19.9 Å². The number of aryl methyl sites for hydroxylation is 1. The van der Waals surface area contributed by atoms with Crippen molar-refractivity contribution in [3.8, 4) is 0 Å². The molecule has 1 aliphatic carbocycles. The summed E-state index contributed by atoms with van der Waals surface area (Å²) in [7, 11) is 2.00. The Morgan fingerprint density at radius 1 is 1.23 bits per heavy atom. The van der Waals surface area contributed by atoms with E-state index < -0.39 is 0 Å². The Morgan fingerprint density at radius 3 is 2.73 bits per heavy atom. The van der Waals surface area contributed by atoms with E-state index in [1.165, 1.54) is 32.1 Å². The predicted molar refractivity (Wildman–Crippen MR) is 131 cm³/mol. The van der Waals surface area contributed by atoms with Crippen LogP contribution in [-0.4, -0.2) is 71.1 Å². The number of nitrogens with zero attached hydrogens (tertiary/aromatic N) is 5. The zero-order valence-corrected chi connectivity index (χ0v) is 21.2. The molecule has 0 aromatic carbocycles. The molecule has 3 rings (SSSR count). The number of hydrogen-bond donors (Lipinski definition) is 2. The van der Waals surface area contributed by atoms with Crippen molar-refractivity contribution in [1.82, 2.24) is 30.3 Å². The van der Waals surface area contributed by atoms with Crippen molar-refractivity contribution < 1.29 is 4.74 Å². The highest BCUT2D eigenvalue weighted by Gasteiger charge is 2.21. The zero-order valence-electron chi connectivity index (χ0n) is 18.9. The molecule has 2 N–H and O–H groups in total. The van der Waals surface area contributed by atoms with Gasteiger partial charge in [0.05, 0.1) is 13.2 Å². The van der Waals surface area contributed by atoms with Crippen LogP contribution in [0.4, 0.5) is 0 Å². The molecule has 9 heteroatoms.